The van der Waals surface area contributed by atoms with Gasteiger partial charge in [0.1, 0.15) is 0 Å². The number of nitrogens with zero attached hydrogens (tertiary/aromatic N) is 1. The minimum absolute atomic E-state index is 0.159. The molecule has 0 N–H and O–H groups in total. The molecule has 0 bridgehead atoms. The molecule has 0 saturated heterocycles. The first-order chi connectivity index (χ1) is 7.06. The molecule has 3 nitrogen and oxygen atoms in total. The van der Waals surface area contributed by atoms with Gasteiger partial charge >= 0.3 is 0 Å². The lowest BCUT2D eigenvalue weighted by Crippen LogP contribution is -1.98. The van der Waals surface area contributed by atoms with Crippen molar-refractivity contribution >= 4 is 5.69 Å². The second-order valence-corrected chi connectivity index (χ2v) is 3.79. The number of nitro benzene ring substituents is 1. The zero-order chi connectivity index (χ0) is 11.4. The SMILES string of the molecule is C=CCc1ccc([N+](=O)[O-])cc1C(C)C. The Kier molecular flexibility index (Phi) is 3.61. The lowest BCUT2D eigenvalue weighted by Gasteiger charge is -2.10. The third-order valence-electron chi connectivity index (χ3n) is 2.33. The van der Waals surface area contributed by atoms with Crippen LogP contribution in [0.4, 0.5) is 5.69 Å². The van der Waals surface area contributed by atoms with Crippen LogP contribution in [0.25, 0.3) is 0 Å². The lowest BCUT2D eigenvalue weighted by molar-refractivity contribution is -0.384. The topological polar surface area (TPSA) is 43.1 Å². The van der Waals surface area contributed by atoms with Crippen LogP contribution >= 0.6 is 0 Å². The maximum Gasteiger partial charge on any atom is 0.269 e. The fourth-order valence-corrected chi connectivity index (χ4v) is 1.57. The Bertz CT molecular complexity index is 383. The van der Waals surface area contributed by atoms with Gasteiger partial charge in [-0.15, -0.1) is 6.58 Å². The minimum Gasteiger partial charge on any atom is -0.258 e. The Morgan fingerprint density at radius 2 is 2.20 bits per heavy atom. The van der Waals surface area contributed by atoms with Gasteiger partial charge in [0.2, 0.25) is 0 Å². The molecular weight excluding hydrogens is 190 g/mol. The zero-order valence-electron chi connectivity index (χ0n) is 9.06. The van der Waals surface area contributed by atoms with E-state index in [4.69, 9.17) is 0 Å². The summed E-state index contributed by atoms with van der Waals surface area (Å²) in [7, 11) is 0. The van der Waals surface area contributed by atoms with Crippen LogP contribution in [0.5, 0.6) is 0 Å². The highest BCUT2D eigenvalue weighted by molar-refractivity contribution is 5.42. The van der Waals surface area contributed by atoms with Crippen molar-refractivity contribution in [3.8, 4) is 0 Å². The molecule has 0 heterocycles. The van der Waals surface area contributed by atoms with E-state index in [9.17, 15) is 10.1 Å². The molecule has 3 heteroatoms. The van der Waals surface area contributed by atoms with E-state index in [1.54, 1.807) is 12.1 Å². The molecule has 0 atom stereocenters. The number of hydrogen-bond acceptors (Lipinski definition) is 2. The smallest absolute Gasteiger partial charge is 0.258 e. The third-order valence-corrected chi connectivity index (χ3v) is 2.33. The minimum atomic E-state index is -0.358. The van der Waals surface area contributed by atoms with Crippen LogP contribution in [-0.2, 0) is 6.42 Å². The highest BCUT2D eigenvalue weighted by atomic mass is 16.6. The summed E-state index contributed by atoms with van der Waals surface area (Å²) < 4.78 is 0. The monoisotopic (exact) mass is 205 g/mol. The second-order valence-electron chi connectivity index (χ2n) is 3.79. The number of non-ortho nitro benzene ring substituents is 1. The van der Waals surface area contributed by atoms with E-state index in [-0.39, 0.29) is 10.6 Å². The molecule has 1 rings (SSSR count). The fraction of sp³-hybridized carbons (Fsp3) is 0.333. The molecular formula is C12H15NO2. The van der Waals surface area contributed by atoms with Gasteiger partial charge in [-0.3, -0.25) is 10.1 Å². The van der Waals surface area contributed by atoms with Crippen molar-refractivity contribution in [1.29, 1.82) is 0 Å². The number of benzene rings is 1. The van der Waals surface area contributed by atoms with Crippen LogP contribution < -0.4 is 0 Å². The number of allylic oxidation sites excluding steroid dienone is 1. The Labute approximate surface area is 89.6 Å². The number of hydrogen-bond donors (Lipinski definition) is 0. The molecule has 1 aromatic carbocycles. The van der Waals surface area contributed by atoms with Gasteiger partial charge in [-0.2, -0.15) is 0 Å². The van der Waals surface area contributed by atoms with Crippen molar-refractivity contribution in [3.05, 3.63) is 52.1 Å². The van der Waals surface area contributed by atoms with Gasteiger partial charge in [0.25, 0.3) is 5.69 Å². The summed E-state index contributed by atoms with van der Waals surface area (Å²) in [4.78, 5) is 10.3. The Morgan fingerprint density at radius 3 is 2.67 bits per heavy atom. The molecule has 80 valence electrons. The van der Waals surface area contributed by atoms with E-state index in [0.717, 1.165) is 17.5 Å². The van der Waals surface area contributed by atoms with Gasteiger partial charge in [0.05, 0.1) is 4.92 Å². The quantitative estimate of drug-likeness (QED) is 0.429. The van der Waals surface area contributed by atoms with Crippen LogP contribution in [0.15, 0.2) is 30.9 Å². The molecule has 0 fully saturated rings. The van der Waals surface area contributed by atoms with E-state index >= 15 is 0 Å². The fourth-order valence-electron chi connectivity index (χ4n) is 1.57. The molecule has 0 aliphatic carbocycles. The standard InChI is InChI=1S/C12H15NO2/c1-4-5-10-6-7-11(13(14)15)8-12(10)9(2)3/h4,6-9H,1,5H2,2-3H3. The molecule has 0 aliphatic rings. The summed E-state index contributed by atoms with van der Waals surface area (Å²) >= 11 is 0. The highest BCUT2D eigenvalue weighted by Crippen LogP contribution is 2.25. The number of rotatable bonds is 4. The maximum atomic E-state index is 10.6. The van der Waals surface area contributed by atoms with Gasteiger partial charge in [-0.05, 0) is 23.5 Å². The predicted molar refractivity (Wildman–Crippen MR) is 61.1 cm³/mol. The molecule has 0 saturated carbocycles. The van der Waals surface area contributed by atoms with Gasteiger partial charge in [0.15, 0.2) is 0 Å². The van der Waals surface area contributed by atoms with E-state index in [2.05, 4.69) is 6.58 Å². The Morgan fingerprint density at radius 1 is 1.53 bits per heavy atom. The van der Waals surface area contributed by atoms with Crippen LogP contribution in [0.2, 0.25) is 0 Å². The Balaban J connectivity index is 3.20. The zero-order valence-corrected chi connectivity index (χ0v) is 9.06. The van der Waals surface area contributed by atoms with E-state index < -0.39 is 0 Å². The van der Waals surface area contributed by atoms with E-state index in [1.165, 1.54) is 0 Å². The molecule has 0 amide bonds. The van der Waals surface area contributed by atoms with Crippen molar-refractivity contribution in [1.82, 2.24) is 0 Å². The molecule has 0 aliphatic heterocycles. The third kappa shape index (κ3) is 2.65. The first kappa shape index (κ1) is 11.4. The van der Waals surface area contributed by atoms with Crippen molar-refractivity contribution in [2.24, 2.45) is 0 Å². The molecule has 15 heavy (non-hydrogen) atoms. The second kappa shape index (κ2) is 4.73. The van der Waals surface area contributed by atoms with Crippen LogP contribution in [0.3, 0.4) is 0 Å². The summed E-state index contributed by atoms with van der Waals surface area (Å²) in [6.45, 7) is 7.75. The van der Waals surface area contributed by atoms with E-state index in [1.807, 2.05) is 26.0 Å². The molecule has 0 radical (unpaired) electrons. The Hall–Kier alpha value is -1.64. The molecule has 0 spiro atoms. The van der Waals surface area contributed by atoms with Gasteiger partial charge in [-0.1, -0.05) is 26.0 Å². The first-order valence-electron chi connectivity index (χ1n) is 4.94. The average Bonchev–Trinajstić information content (AvgIpc) is 2.18. The van der Waals surface area contributed by atoms with Crippen LogP contribution in [0, 0.1) is 10.1 Å². The normalized spacial score (nSPS) is 10.3. The summed E-state index contributed by atoms with van der Waals surface area (Å²) in [5.41, 5.74) is 2.31. The van der Waals surface area contributed by atoms with Gasteiger partial charge in [0, 0.05) is 12.1 Å². The van der Waals surface area contributed by atoms with Crippen molar-refractivity contribution in [2.75, 3.05) is 0 Å². The highest BCUT2D eigenvalue weighted by Gasteiger charge is 2.12. The molecule has 0 aromatic heterocycles. The lowest BCUT2D eigenvalue weighted by atomic mass is 9.95. The van der Waals surface area contributed by atoms with Gasteiger partial charge < -0.3 is 0 Å². The average molecular weight is 205 g/mol. The van der Waals surface area contributed by atoms with Crippen molar-refractivity contribution in [2.45, 2.75) is 26.2 Å². The van der Waals surface area contributed by atoms with Crippen LogP contribution in [-0.4, -0.2) is 4.92 Å². The summed E-state index contributed by atoms with van der Waals surface area (Å²) in [5, 5.41) is 10.6. The first-order valence-corrected chi connectivity index (χ1v) is 4.94. The van der Waals surface area contributed by atoms with Crippen molar-refractivity contribution in [3.63, 3.8) is 0 Å². The predicted octanol–water partition coefficient (Wildman–Crippen LogP) is 3.45. The molecule has 1 aromatic rings. The summed E-state index contributed by atoms with van der Waals surface area (Å²) in [6, 6.07) is 5.02. The van der Waals surface area contributed by atoms with Crippen molar-refractivity contribution < 1.29 is 4.92 Å². The van der Waals surface area contributed by atoms with Crippen LogP contribution in [0.1, 0.15) is 30.9 Å². The molecule has 0 unspecified atom stereocenters. The summed E-state index contributed by atoms with van der Waals surface area (Å²) in [5.74, 6) is 0.292. The largest absolute Gasteiger partial charge is 0.269 e. The summed E-state index contributed by atoms with van der Waals surface area (Å²) in [6.07, 6.45) is 2.57. The van der Waals surface area contributed by atoms with Gasteiger partial charge in [-0.25, -0.2) is 0 Å². The maximum absolute atomic E-state index is 10.6. The van der Waals surface area contributed by atoms with E-state index in [0.29, 0.717) is 5.92 Å². The number of nitro groups is 1.